The maximum atomic E-state index is 12.6. The minimum Gasteiger partial charge on any atom is -0.369 e. The minimum atomic E-state index is -0.875. The molecule has 3 rings (SSSR count). The number of rotatable bonds is 3. The molecule has 2 aromatic heterocycles. The van der Waals surface area contributed by atoms with Crippen LogP contribution in [0.25, 0.3) is 11.1 Å². The van der Waals surface area contributed by atoms with Gasteiger partial charge in [0.2, 0.25) is 0 Å². The van der Waals surface area contributed by atoms with Gasteiger partial charge in [0.15, 0.2) is 12.1 Å². The molecule has 1 aliphatic rings. The largest absolute Gasteiger partial charge is 0.369 e. The van der Waals surface area contributed by atoms with Crippen LogP contribution in [0.5, 0.6) is 0 Å². The summed E-state index contributed by atoms with van der Waals surface area (Å²) in [7, 11) is 3.11. The van der Waals surface area contributed by atoms with Gasteiger partial charge < -0.3 is 10.5 Å². The Bertz CT molecular complexity index is 940. The van der Waals surface area contributed by atoms with E-state index in [0.717, 1.165) is 21.6 Å². The Balaban J connectivity index is 2.04. The summed E-state index contributed by atoms with van der Waals surface area (Å²) >= 11 is 1.52. The zero-order chi connectivity index (χ0) is 18.9. The minimum absolute atomic E-state index is 0.183. The molecule has 1 amide bonds. The molecule has 6 nitrogen and oxygen atoms in total. The van der Waals surface area contributed by atoms with Gasteiger partial charge in [-0.3, -0.25) is 14.7 Å². The van der Waals surface area contributed by atoms with Crippen molar-refractivity contribution >= 4 is 23.2 Å². The Hall–Kier alpha value is -2.69. The Kier molecular flexibility index (Phi) is 4.81. The van der Waals surface area contributed by atoms with Gasteiger partial charge in [0.25, 0.3) is 5.91 Å². The van der Waals surface area contributed by atoms with Gasteiger partial charge >= 0.3 is 0 Å². The first kappa shape index (κ1) is 18.1. The van der Waals surface area contributed by atoms with Crippen molar-refractivity contribution in [1.29, 1.82) is 0 Å². The number of thiophene rings is 1. The van der Waals surface area contributed by atoms with Gasteiger partial charge in [0, 0.05) is 42.6 Å². The standard InChI is InChI=1S/C19H20N4O2S/c1-5-6-12-7-13(10-21-9-12)14-8-15(26-11-14)19(2)16(25-4)17(24)23(3)18(20)22-19/h7-11,16H,1-4H3,(H2,20,22)/t16-,19-/m1/s1. The summed E-state index contributed by atoms with van der Waals surface area (Å²) in [6, 6.07) is 4.00. The molecule has 0 radical (unpaired) electrons. The Morgan fingerprint density at radius 1 is 1.35 bits per heavy atom. The third-order valence-corrected chi connectivity index (χ3v) is 5.59. The van der Waals surface area contributed by atoms with Crippen LogP contribution < -0.4 is 5.73 Å². The van der Waals surface area contributed by atoms with Gasteiger partial charge in [-0.05, 0) is 36.9 Å². The van der Waals surface area contributed by atoms with Crippen molar-refractivity contribution in [3.8, 4) is 23.0 Å². The van der Waals surface area contributed by atoms with E-state index in [0.29, 0.717) is 0 Å². The molecule has 0 spiro atoms. The number of likely N-dealkylation sites (N-methyl/N-ethyl adjacent to an activating group) is 1. The fourth-order valence-electron chi connectivity index (χ4n) is 2.98. The van der Waals surface area contributed by atoms with Gasteiger partial charge in [-0.2, -0.15) is 0 Å². The molecule has 3 heterocycles. The number of aliphatic imine (C=N–C) groups is 1. The number of nitrogens with zero attached hydrogens (tertiary/aromatic N) is 3. The maximum absolute atomic E-state index is 12.6. The molecule has 1 aliphatic heterocycles. The van der Waals surface area contributed by atoms with Gasteiger partial charge in [-0.25, -0.2) is 4.99 Å². The van der Waals surface area contributed by atoms with E-state index in [2.05, 4.69) is 21.8 Å². The van der Waals surface area contributed by atoms with Crippen molar-refractivity contribution in [1.82, 2.24) is 9.88 Å². The number of amides is 1. The first-order valence-corrected chi connectivity index (χ1v) is 8.91. The second-order valence-electron chi connectivity index (χ2n) is 6.17. The van der Waals surface area contributed by atoms with Crippen molar-refractivity contribution in [3.63, 3.8) is 0 Å². The molecule has 2 aromatic rings. The fourth-order valence-corrected chi connectivity index (χ4v) is 4.02. The summed E-state index contributed by atoms with van der Waals surface area (Å²) in [4.78, 5) is 23.6. The molecule has 0 unspecified atom stereocenters. The molecule has 0 bridgehead atoms. The number of carbonyl (C=O) groups is 1. The second kappa shape index (κ2) is 6.90. The van der Waals surface area contributed by atoms with Gasteiger partial charge in [0.05, 0.1) is 0 Å². The molecule has 0 saturated carbocycles. The number of hydrogen-bond donors (Lipinski definition) is 1. The van der Waals surface area contributed by atoms with Gasteiger partial charge in [-0.15, -0.1) is 17.3 Å². The quantitative estimate of drug-likeness (QED) is 0.842. The molecule has 0 aliphatic carbocycles. The van der Waals surface area contributed by atoms with Crippen molar-refractivity contribution < 1.29 is 9.53 Å². The van der Waals surface area contributed by atoms with Crippen molar-refractivity contribution in [3.05, 3.63) is 40.3 Å². The first-order chi connectivity index (χ1) is 12.4. The normalized spacial score (nSPS) is 22.6. The van der Waals surface area contributed by atoms with Crippen molar-refractivity contribution in [2.75, 3.05) is 14.2 Å². The number of nitrogens with two attached hydrogens (primary N) is 1. The highest BCUT2D eigenvalue weighted by Crippen LogP contribution is 2.40. The monoisotopic (exact) mass is 368 g/mol. The fraction of sp³-hybridized carbons (Fsp3) is 0.316. The zero-order valence-corrected chi connectivity index (χ0v) is 15.9. The molecule has 7 heteroatoms. The number of guanidine groups is 1. The van der Waals surface area contributed by atoms with E-state index >= 15 is 0 Å². The summed E-state index contributed by atoms with van der Waals surface area (Å²) in [5, 5.41) is 2.02. The molecular formula is C19H20N4O2S. The highest BCUT2D eigenvalue weighted by molar-refractivity contribution is 7.10. The molecule has 2 atom stereocenters. The van der Waals surface area contributed by atoms with Crippen LogP contribution in [0.15, 0.2) is 34.9 Å². The lowest BCUT2D eigenvalue weighted by atomic mass is 9.90. The Labute approximate surface area is 156 Å². The molecular weight excluding hydrogens is 348 g/mol. The Morgan fingerprint density at radius 3 is 2.81 bits per heavy atom. The van der Waals surface area contributed by atoms with E-state index in [4.69, 9.17) is 10.5 Å². The van der Waals surface area contributed by atoms with Crippen LogP contribution in [-0.2, 0) is 15.1 Å². The smallest absolute Gasteiger partial charge is 0.261 e. The lowest BCUT2D eigenvalue weighted by molar-refractivity contribution is -0.142. The summed E-state index contributed by atoms with van der Waals surface area (Å²) in [6.45, 7) is 3.66. The zero-order valence-electron chi connectivity index (χ0n) is 15.1. The number of methoxy groups -OCH3 is 1. The van der Waals surface area contributed by atoms with Crippen LogP contribution in [-0.4, -0.2) is 42.0 Å². The van der Waals surface area contributed by atoms with E-state index in [1.807, 2.05) is 24.4 Å². The molecule has 0 fully saturated rings. The summed E-state index contributed by atoms with van der Waals surface area (Å²) < 4.78 is 5.48. The van der Waals surface area contributed by atoms with Gasteiger partial charge in [-0.1, -0.05) is 5.92 Å². The van der Waals surface area contributed by atoms with Crippen LogP contribution in [0, 0.1) is 11.8 Å². The molecule has 26 heavy (non-hydrogen) atoms. The maximum Gasteiger partial charge on any atom is 0.261 e. The first-order valence-electron chi connectivity index (χ1n) is 8.03. The van der Waals surface area contributed by atoms with Crippen LogP contribution in [0.4, 0.5) is 0 Å². The van der Waals surface area contributed by atoms with E-state index < -0.39 is 11.6 Å². The van der Waals surface area contributed by atoms with Crippen molar-refractivity contribution in [2.24, 2.45) is 10.7 Å². The van der Waals surface area contributed by atoms with Crippen molar-refractivity contribution in [2.45, 2.75) is 25.5 Å². The van der Waals surface area contributed by atoms with E-state index in [9.17, 15) is 4.79 Å². The summed E-state index contributed by atoms with van der Waals surface area (Å²) in [5.74, 6) is 5.86. The molecule has 2 N–H and O–H groups in total. The van der Waals surface area contributed by atoms with Crippen LogP contribution in [0.2, 0.25) is 0 Å². The molecule has 0 aromatic carbocycles. The average molecular weight is 368 g/mol. The third-order valence-electron chi connectivity index (χ3n) is 4.43. The SMILES string of the molecule is CC#Cc1cncc(-c2csc([C@@]3(C)N=C(N)N(C)C(=O)[C@H]3OC)c2)c1. The number of hydrogen-bond acceptors (Lipinski definition) is 6. The van der Waals surface area contributed by atoms with E-state index in [1.165, 1.54) is 23.3 Å². The number of ether oxygens (including phenoxy) is 1. The number of pyridine rings is 1. The second-order valence-corrected chi connectivity index (χ2v) is 7.08. The molecule has 134 valence electrons. The van der Waals surface area contributed by atoms with Crippen LogP contribution in [0.3, 0.4) is 0 Å². The third kappa shape index (κ3) is 2.98. The predicted molar refractivity (Wildman–Crippen MR) is 103 cm³/mol. The number of aromatic nitrogens is 1. The van der Waals surface area contributed by atoms with Crippen LogP contribution in [0.1, 0.15) is 24.3 Å². The Morgan fingerprint density at radius 2 is 2.12 bits per heavy atom. The van der Waals surface area contributed by atoms with E-state index in [-0.39, 0.29) is 11.9 Å². The highest BCUT2D eigenvalue weighted by Gasteiger charge is 2.47. The van der Waals surface area contributed by atoms with Gasteiger partial charge in [0.1, 0.15) is 5.54 Å². The van der Waals surface area contributed by atoms with E-state index in [1.54, 1.807) is 26.4 Å². The highest BCUT2D eigenvalue weighted by atomic mass is 32.1. The summed E-state index contributed by atoms with van der Waals surface area (Å²) in [6.07, 6.45) is 2.79. The summed E-state index contributed by atoms with van der Waals surface area (Å²) in [5.41, 5.74) is 7.88. The van der Waals surface area contributed by atoms with Crippen LogP contribution >= 0.6 is 11.3 Å². The number of carbonyl (C=O) groups excluding carboxylic acids is 1. The topological polar surface area (TPSA) is 80.8 Å². The lowest BCUT2D eigenvalue weighted by Crippen LogP contribution is -2.57. The molecule has 0 saturated heterocycles. The average Bonchev–Trinajstić information content (AvgIpc) is 3.12. The lowest BCUT2D eigenvalue weighted by Gasteiger charge is -2.38. The predicted octanol–water partition coefficient (Wildman–Crippen LogP) is 2.20.